The summed E-state index contributed by atoms with van der Waals surface area (Å²) >= 11 is 0. The van der Waals surface area contributed by atoms with Crippen LogP contribution in [0.1, 0.15) is 54.7 Å². The Hall–Kier alpha value is -2.63. The number of amides is 1. The third kappa shape index (κ3) is 5.40. The Morgan fingerprint density at radius 2 is 1.84 bits per heavy atom. The van der Waals surface area contributed by atoms with Gasteiger partial charge in [0.05, 0.1) is 6.04 Å². The molecule has 3 atom stereocenters. The van der Waals surface area contributed by atoms with Gasteiger partial charge in [-0.25, -0.2) is 0 Å². The highest BCUT2D eigenvalue weighted by molar-refractivity contribution is 5.94. The molecule has 1 heterocycles. The Balaban J connectivity index is 2.01. The lowest BCUT2D eigenvalue weighted by molar-refractivity contribution is 0.0306. The fourth-order valence-corrected chi connectivity index (χ4v) is 4.77. The Morgan fingerprint density at radius 1 is 1.16 bits per heavy atom. The lowest BCUT2D eigenvalue weighted by Gasteiger charge is -2.47. The van der Waals surface area contributed by atoms with Crippen LogP contribution in [0, 0.1) is 0 Å². The summed E-state index contributed by atoms with van der Waals surface area (Å²) in [5.74, 6) is 0.300. The number of rotatable bonds is 8. The molecular weight excluding hydrogens is 398 g/mol. The summed E-state index contributed by atoms with van der Waals surface area (Å²) in [6.45, 7) is 13.9. The van der Waals surface area contributed by atoms with Gasteiger partial charge in [-0.2, -0.15) is 0 Å². The number of hydrogen-bond donors (Lipinski definition) is 1. The Kier molecular flexibility index (Phi) is 8.10. The van der Waals surface area contributed by atoms with E-state index in [0.717, 1.165) is 43.7 Å². The average molecular weight is 436 g/mol. The highest BCUT2D eigenvalue weighted by atomic mass is 16.3. The summed E-state index contributed by atoms with van der Waals surface area (Å²) in [5.41, 5.74) is 2.81. The van der Waals surface area contributed by atoms with Gasteiger partial charge in [0.15, 0.2) is 0 Å². The van der Waals surface area contributed by atoms with E-state index < -0.39 is 0 Å². The third-order valence-corrected chi connectivity index (χ3v) is 6.40. The van der Waals surface area contributed by atoms with Gasteiger partial charge in [0.1, 0.15) is 5.75 Å². The van der Waals surface area contributed by atoms with E-state index in [1.807, 2.05) is 43.5 Å². The standard InChI is InChI=1S/C27H37N3O2/c1-6-14-28(5)27(32)24-12-8-10-22(16-24)26(23-11-9-13-25(31)17-23)30-19-20(3)29(15-7-2)18-21(30)4/h7-13,16-17,20-21,26,31H,2,6,14-15,18-19H2,1,3-5H3/t20-,21+,26-/m1/s1. The van der Waals surface area contributed by atoms with Crippen molar-refractivity contribution in [3.63, 3.8) is 0 Å². The molecule has 3 rings (SSSR count). The molecule has 172 valence electrons. The molecule has 0 saturated carbocycles. The van der Waals surface area contributed by atoms with Gasteiger partial charge >= 0.3 is 0 Å². The highest BCUT2D eigenvalue weighted by Gasteiger charge is 2.34. The fourth-order valence-electron chi connectivity index (χ4n) is 4.77. The van der Waals surface area contributed by atoms with E-state index in [-0.39, 0.29) is 17.7 Å². The van der Waals surface area contributed by atoms with Gasteiger partial charge in [-0.05, 0) is 55.7 Å². The highest BCUT2D eigenvalue weighted by Crippen LogP contribution is 2.35. The predicted octanol–water partition coefficient (Wildman–Crippen LogP) is 4.54. The van der Waals surface area contributed by atoms with Crippen molar-refractivity contribution in [2.45, 2.75) is 45.3 Å². The largest absolute Gasteiger partial charge is 0.508 e. The Labute approximate surface area is 193 Å². The normalized spacial score (nSPS) is 20.6. The van der Waals surface area contributed by atoms with E-state index in [4.69, 9.17) is 0 Å². The number of phenolic OH excluding ortho intramolecular Hbond substituents is 1. The van der Waals surface area contributed by atoms with Crippen LogP contribution in [0.5, 0.6) is 5.75 Å². The summed E-state index contributed by atoms with van der Waals surface area (Å²) in [7, 11) is 1.85. The van der Waals surface area contributed by atoms with Crippen molar-refractivity contribution in [2.75, 3.05) is 33.2 Å². The van der Waals surface area contributed by atoms with E-state index in [0.29, 0.717) is 17.6 Å². The maximum absolute atomic E-state index is 13.0. The molecule has 1 fully saturated rings. The van der Waals surface area contributed by atoms with Crippen LogP contribution in [0.25, 0.3) is 0 Å². The minimum absolute atomic E-state index is 0.0422. The molecule has 1 saturated heterocycles. The first-order chi connectivity index (χ1) is 15.3. The predicted molar refractivity (Wildman–Crippen MR) is 131 cm³/mol. The van der Waals surface area contributed by atoms with Gasteiger partial charge in [0.2, 0.25) is 0 Å². The molecule has 0 bridgehead atoms. The molecule has 0 aromatic heterocycles. The van der Waals surface area contributed by atoms with E-state index in [9.17, 15) is 9.90 Å². The van der Waals surface area contributed by atoms with Crippen molar-refractivity contribution in [1.29, 1.82) is 0 Å². The van der Waals surface area contributed by atoms with Gasteiger partial charge in [0, 0.05) is 50.9 Å². The van der Waals surface area contributed by atoms with Crippen LogP contribution in [0.2, 0.25) is 0 Å². The summed E-state index contributed by atoms with van der Waals surface area (Å²) in [5, 5.41) is 10.2. The molecule has 0 spiro atoms. The first-order valence-electron chi connectivity index (χ1n) is 11.6. The van der Waals surface area contributed by atoms with Crippen LogP contribution in [0.4, 0.5) is 0 Å². The fraction of sp³-hybridized carbons (Fsp3) is 0.444. The SMILES string of the molecule is C=CCN1C[C@H](C)N([C@@H](c2cccc(O)c2)c2cccc(C(=O)N(C)CCC)c2)C[C@H]1C. The molecule has 0 aliphatic carbocycles. The molecule has 0 radical (unpaired) electrons. The first-order valence-corrected chi connectivity index (χ1v) is 11.6. The second kappa shape index (κ2) is 10.8. The molecule has 1 N–H and O–H groups in total. The van der Waals surface area contributed by atoms with Crippen molar-refractivity contribution >= 4 is 5.91 Å². The number of hydrogen-bond acceptors (Lipinski definition) is 4. The van der Waals surface area contributed by atoms with Crippen LogP contribution in [-0.4, -0.2) is 71.0 Å². The molecule has 32 heavy (non-hydrogen) atoms. The summed E-state index contributed by atoms with van der Waals surface area (Å²) in [6.07, 6.45) is 2.89. The molecule has 1 amide bonds. The number of nitrogens with zero attached hydrogens (tertiary/aromatic N) is 3. The van der Waals surface area contributed by atoms with Gasteiger partial charge in [0.25, 0.3) is 5.91 Å². The number of carbonyl (C=O) groups excluding carboxylic acids is 1. The number of benzene rings is 2. The van der Waals surface area contributed by atoms with Crippen LogP contribution in [0.15, 0.2) is 61.2 Å². The van der Waals surface area contributed by atoms with Gasteiger partial charge in [-0.3, -0.25) is 14.6 Å². The van der Waals surface area contributed by atoms with E-state index in [1.165, 1.54) is 0 Å². The van der Waals surface area contributed by atoms with E-state index in [2.05, 4.69) is 49.3 Å². The Bertz CT molecular complexity index is 929. The topological polar surface area (TPSA) is 47.0 Å². The van der Waals surface area contributed by atoms with Gasteiger partial charge < -0.3 is 10.0 Å². The molecule has 2 aromatic rings. The second-order valence-electron chi connectivity index (χ2n) is 8.99. The van der Waals surface area contributed by atoms with Crippen LogP contribution in [0.3, 0.4) is 0 Å². The second-order valence-corrected chi connectivity index (χ2v) is 8.99. The summed E-state index contributed by atoms with van der Waals surface area (Å²) in [4.78, 5) is 19.7. The molecule has 1 aliphatic heterocycles. The third-order valence-electron chi connectivity index (χ3n) is 6.40. The van der Waals surface area contributed by atoms with E-state index >= 15 is 0 Å². The van der Waals surface area contributed by atoms with Crippen LogP contribution in [-0.2, 0) is 0 Å². The molecule has 5 nitrogen and oxygen atoms in total. The van der Waals surface area contributed by atoms with Crippen molar-refractivity contribution < 1.29 is 9.90 Å². The maximum Gasteiger partial charge on any atom is 0.253 e. The van der Waals surface area contributed by atoms with Gasteiger partial charge in [-0.15, -0.1) is 6.58 Å². The van der Waals surface area contributed by atoms with E-state index in [1.54, 1.807) is 11.0 Å². The number of carbonyl (C=O) groups is 1. The maximum atomic E-state index is 13.0. The van der Waals surface area contributed by atoms with Crippen molar-refractivity contribution in [1.82, 2.24) is 14.7 Å². The summed E-state index contributed by atoms with van der Waals surface area (Å²) < 4.78 is 0. The minimum Gasteiger partial charge on any atom is -0.508 e. The average Bonchev–Trinajstić information content (AvgIpc) is 2.77. The molecule has 5 heteroatoms. The molecule has 0 unspecified atom stereocenters. The summed E-state index contributed by atoms with van der Waals surface area (Å²) in [6, 6.07) is 16.1. The molecular formula is C27H37N3O2. The van der Waals surface area contributed by atoms with Crippen LogP contribution < -0.4 is 0 Å². The first kappa shape index (κ1) is 24.0. The smallest absolute Gasteiger partial charge is 0.253 e. The zero-order valence-electron chi connectivity index (χ0n) is 19.9. The lowest BCUT2D eigenvalue weighted by atomic mass is 9.92. The van der Waals surface area contributed by atoms with Crippen molar-refractivity contribution in [3.05, 3.63) is 77.9 Å². The molecule has 2 aromatic carbocycles. The quantitative estimate of drug-likeness (QED) is 0.618. The lowest BCUT2D eigenvalue weighted by Crippen LogP contribution is -2.57. The van der Waals surface area contributed by atoms with Crippen molar-refractivity contribution in [2.24, 2.45) is 0 Å². The molecule has 1 aliphatic rings. The van der Waals surface area contributed by atoms with Crippen LogP contribution >= 0.6 is 0 Å². The monoisotopic (exact) mass is 435 g/mol. The number of piperazine rings is 1. The zero-order valence-corrected chi connectivity index (χ0v) is 19.9. The van der Waals surface area contributed by atoms with Gasteiger partial charge in [-0.1, -0.05) is 37.3 Å². The zero-order chi connectivity index (χ0) is 23.3. The minimum atomic E-state index is -0.0466. The van der Waals surface area contributed by atoms with Crippen molar-refractivity contribution in [3.8, 4) is 5.75 Å². The number of phenols is 1. The Morgan fingerprint density at radius 3 is 2.50 bits per heavy atom. The number of aromatic hydroxyl groups is 1.